The second kappa shape index (κ2) is 9.96. The fraction of sp³-hybridized carbons (Fsp3) is 0.263. The summed E-state index contributed by atoms with van der Waals surface area (Å²) >= 11 is 12.0. The zero-order valence-electron chi connectivity index (χ0n) is 15.3. The number of alkyl halides is 3. The Morgan fingerprint density at radius 1 is 0.966 bits per heavy atom. The van der Waals surface area contributed by atoms with Gasteiger partial charge in [-0.15, -0.1) is 0 Å². The van der Waals surface area contributed by atoms with Crippen molar-refractivity contribution in [2.24, 2.45) is 0 Å². The normalized spacial score (nSPS) is 11.4. The molecule has 0 fully saturated rings. The van der Waals surface area contributed by atoms with E-state index in [-0.39, 0.29) is 31.1 Å². The molecule has 0 radical (unpaired) electrons. The number of nitrogens with zero attached hydrogens (tertiary/aromatic N) is 1. The standard InChI is InChI=1S/C19H18Cl2F3N3O2/c1-27(10-9-16(28)26-18-13(20)6-4-7-14(18)21)11-17(29)25-15-8-3-2-5-12(15)19(22,23)24/h2-8H,9-11H2,1H3,(H,25,29)(H,26,28). The van der Waals surface area contributed by atoms with Gasteiger partial charge in [-0.1, -0.05) is 41.4 Å². The number of anilines is 2. The molecule has 156 valence electrons. The lowest BCUT2D eigenvalue weighted by atomic mass is 10.1. The van der Waals surface area contributed by atoms with Crippen molar-refractivity contribution >= 4 is 46.4 Å². The van der Waals surface area contributed by atoms with Crippen LogP contribution in [0.1, 0.15) is 12.0 Å². The van der Waals surface area contributed by atoms with Crippen LogP contribution in [0.4, 0.5) is 24.5 Å². The Balaban J connectivity index is 1.86. The minimum absolute atomic E-state index is 0.0322. The summed E-state index contributed by atoms with van der Waals surface area (Å²) in [5.41, 5.74) is -0.943. The maximum Gasteiger partial charge on any atom is 0.418 e. The summed E-state index contributed by atoms with van der Waals surface area (Å²) in [7, 11) is 1.57. The largest absolute Gasteiger partial charge is 0.418 e. The van der Waals surface area contributed by atoms with E-state index >= 15 is 0 Å². The van der Waals surface area contributed by atoms with E-state index in [0.717, 1.165) is 6.07 Å². The third kappa shape index (κ3) is 6.92. The molecule has 0 aliphatic heterocycles. The van der Waals surface area contributed by atoms with Crippen LogP contribution in [0.5, 0.6) is 0 Å². The van der Waals surface area contributed by atoms with Crippen molar-refractivity contribution < 1.29 is 22.8 Å². The van der Waals surface area contributed by atoms with E-state index in [0.29, 0.717) is 15.7 Å². The average molecular weight is 448 g/mol. The van der Waals surface area contributed by atoms with Gasteiger partial charge in [-0.3, -0.25) is 14.5 Å². The van der Waals surface area contributed by atoms with Gasteiger partial charge in [0.1, 0.15) is 0 Å². The maximum absolute atomic E-state index is 13.0. The Morgan fingerprint density at radius 3 is 2.21 bits per heavy atom. The Morgan fingerprint density at radius 2 is 1.59 bits per heavy atom. The molecule has 10 heteroatoms. The van der Waals surface area contributed by atoms with E-state index in [9.17, 15) is 22.8 Å². The number of carbonyl (C=O) groups excluding carboxylic acids is 2. The summed E-state index contributed by atoms with van der Waals surface area (Å²) in [5, 5.41) is 5.44. The zero-order valence-corrected chi connectivity index (χ0v) is 16.8. The third-order valence-corrected chi connectivity index (χ3v) is 4.50. The van der Waals surface area contributed by atoms with Gasteiger partial charge >= 0.3 is 6.18 Å². The number of hydrogen-bond acceptors (Lipinski definition) is 3. The molecule has 0 atom stereocenters. The predicted molar refractivity (Wildman–Crippen MR) is 107 cm³/mol. The molecule has 0 unspecified atom stereocenters. The van der Waals surface area contributed by atoms with Crippen molar-refractivity contribution in [2.75, 3.05) is 30.8 Å². The van der Waals surface area contributed by atoms with Crippen molar-refractivity contribution in [3.05, 3.63) is 58.1 Å². The fourth-order valence-corrected chi connectivity index (χ4v) is 2.96. The molecule has 2 aromatic carbocycles. The van der Waals surface area contributed by atoms with Gasteiger partial charge in [0.15, 0.2) is 0 Å². The zero-order chi connectivity index (χ0) is 21.6. The van der Waals surface area contributed by atoms with Crippen LogP contribution in [-0.4, -0.2) is 36.9 Å². The number of amides is 2. The second-order valence-electron chi connectivity index (χ2n) is 6.22. The predicted octanol–water partition coefficient (Wildman–Crippen LogP) is 4.91. The van der Waals surface area contributed by atoms with Crippen LogP contribution in [0.15, 0.2) is 42.5 Å². The van der Waals surface area contributed by atoms with Gasteiger partial charge in [0.25, 0.3) is 0 Å². The molecule has 0 saturated heterocycles. The lowest BCUT2D eigenvalue weighted by Crippen LogP contribution is -2.33. The van der Waals surface area contributed by atoms with Gasteiger partial charge in [0.2, 0.25) is 11.8 Å². The van der Waals surface area contributed by atoms with Crippen molar-refractivity contribution in [3.8, 4) is 0 Å². The van der Waals surface area contributed by atoms with E-state index < -0.39 is 17.6 Å². The molecule has 0 heterocycles. The average Bonchev–Trinajstić information content (AvgIpc) is 2.62. The third-order valence-electron chi connectivity index (χ3n) is 3.87. The molecule has 0 aromatic heterocycles. The highest BCUT2D eigenvalue weighted by atomic mass is 35.5. The number of halogens is 5. The Kier molecular flexibility index (Phi) is 7.89. The van der Waals surface area contributed by atoms with Crippen molar-refractivity contribution in [3.63, 3.8) is 0 Å². The van der Waals surface area contributed by atoms with Gasteiger partial charge in [0, 0.05) is 13.0 Å². The molecule has 2 amide bonds. The van der Waals surface area contributed by atoms with Gasteiger partial charge in [-0.05, 0) is 31.3 Å². The molecule has 5 nitrogen and oxygen atoms in total. The first kappa shape index (κ1) is 23.0. The van der Waals surface area contributed by atoms with Gasteiger partial charge in [-0.25, -0.2) is 0 Å². The number of carbonyl (C=O) groups is 2. The minimum Gasteiger partial charge on any atom is -0.324 e. The molecule has 2 rings (SSSR count). The van der Waals surface area contributed by atoms with E-state index in [1.54, 1.807) is 25.2 Å². The van der Waals surface area contributed by atoms with E-state index in [4.69, 9.17) is 23.2 Å². The molecule has 2 N–H and O–H groups in total. The van der Waals surface area contributed by atoms with Gasteiger partial charge in [-0.2, -0.15) is 13.2 Å². The highest BCUT2D eigenvalue weighted by Crippen LogP contribution is 2.34. The maximum atomic E-state index is 13.0. The van der Waals surface area contributed by atoms with E-state index in [1.807, 2.05) is 0 Å². The van der Waals surface area contributed by atoms with Crippen LogP contribution in [0, 0.1) is 0 Å². The highest BCUT2D eigenvalue weighted by Gasteiger charge is 2.33. The summed E-state index contributed by atoms with van der Waals surface area (Å²) in [6, 6.07) is 9.53. The van der Waals surface area contributed by atoms with Crippen molar-refractivity contribution in [2.45, 2.75) is 12.6 Å². The monoisotopic (exact) mass is 447 g/mol. The molecule has 0 aliphatic rings. The van der Waals surface area contributed by atoms with Crippen LogP contribution >= 0.6 is 23.2 Å². The number of likely N-dealkylation sites (N-methyl/N-ethyl adjacent to an activating group) is 1. The number of rotatable bonds is 7. The van der Waals surface area contributed by atoms with Crippen molar-refractivity contribution in [1.29, 1.82) is 0 Å². The SMILES string of the molecule is CN(CCC(=O)Nc1c(Cl)cccc1Cl)CC(=O)Nc1ccccc1C(F)(F)F. The molecule has 2 aromatic rings. The number of nitrogens with one attached hydrogen (secondary N) is 2. The lowest BCUT2D eigenvalue weighted by Gasteiger charge is -2.18. The first-order valence-corrected chi connectivity index (χ1v) is 9.22. The summed E-state index contributed by atoms with van der Waals surface area (Å²) < 4.78 is 38.9. The van der Waals surface area contributed by atoms with E-state index in [1.165, 1.54) is 23.1 Å². The van der Waals surface area contributed by atoms with Gasteiger partial charge < -0.3 is 10.6 Å². The van der Waals surface area contributed by atoms with Crippen LogP contribution < -0.4 is 10.6 Å². The van der Waals surface area contributed by atoms with Crippen LogP contribution in [0.3, 0.4) is 0 Å². The molecule has 29 heavy (non-hydrogen) atoms. The summed E-state index contributed by atoms with van der Waals surface area (Å²) in [6.07, 6.45) is -4.54. The Hall–Kier alpha value is -2.29. The smallest absolute Gasteiger partial charge is 0.324 e. The van der Waals surface area contributed by atoms with E-state index in [2.05, 4.69) is 10.6 Å². The van der Waals surface area contributed by atoms with Crippen LogP contribution in [-0.2, 0) is 15.8 Å². The number of hydrogen-bond donors (Lipinski definition) is 2. The summed E-state index contributed by atoms with van der Waals surface area (Å²) in [6.45, 7) is 0.00850. The van der Waals surface area contributed by atoms with Gasteiger partial charge in [0.05, 0.1) is 33.5 Å². The molecule has 0 spiro atoms. The molecule has 0 bridgehead atoms. The Labute approximate surface area is 175 Å². The van der Waals surface area contributed by atoms with Crippen molar-refractivity contribution in [1.82, 2.24) is 4.90 Å². The first-order chi connectivity index (χ1) is 13.6. The van der Waals surface area contributed by atoms with Crippen LogP contribution in [0.25, 0.3) is 0 Å². The summed E-state index contributed by atoms with van der Waals surface area (Å²) in [5.74, 6) is -0.992. The lowest BCUT2D eigenvalue weighted by molar-refractivity contribution is -0.137. The first-order valence-electron chi connectivity index (χ1n) is 8.46. The topological polar surface area (TPSA) is 61.4 Å². The summed E-state index contributed by atoms with van der Waals surface area (Å²) in [4.78, 5) is 25.7. The second-order valence-corrected chi connectivity index (χ2v) is 7.04. The molecule has 0 saturated carbocycles. The molecular weight excluding hydrogens is 430 g/mol. The minimum atomic E-state index is -4.58. The molecular formula is C19H18Cl2F3N3O2. The number of para-hydroxylation sites is 2. The van der Waals surface area contributed by atoms with Crippen LogP contribution in [0.2, 0.25) is 10.0 Å². The Bertz CT molecular complexity index is 871. The highest BCUT2D eigenvalue weighted by molar-refractivity contribution is 6.39. The fourth-order valence-electron chi connectivity index (χ4n) is 2.46. The molecule has 0 aliphatic carbocycles. The quantitative estimate of drug-likeness (QED) is 0.633. The number of benzene rings is 2.